The maximum Gasteiger partial charge on any atom is 0.326 e. The molecular weight excluding hydrogens is 590 g/mol. The van der Waals surface area contributed by atoms with Crippen LogP contribution in [0.5, 0.6) is 0 Å². The molecule has 0 aliphatic heterocycles. The van der Waals surface area contributed by atoms with Crippen LogP contribution in [0.3, 0.4) is 0 Å². The zero-order chi connectivity index (χ0) is 33.3. The molecular formula is C32H55N9O5. The molecule has 0 spiro atoms. The first kappa shape index (κ1) is 35.3. The summed E-state index contributed by atoms with van der Waals surface area (Å²) in [5.74, 6) is -0.412. The first-order chi connectivity index (χ1) is 21.9. The van der Waals surface area contributed by atoms with Crippen molar-refractivity contribution < 1.29 is 24.3 Å². The second kappa shape index (κ2) is 16.3. The summed E-state index contributed by atoms with van der Waals surface area (Å²) in [4.78, 5) is 61.4. The minimum atomic E-state index is -1.21. The lowest BCUT2D eigenvalue weighted by Crippen LogP contribution is -2.59. The number of carbonyl (C=O) groups is 4. The number of hydrogen-bond acceptors (Lipinski definition) is 6. The highest BCUT2D eigenvalue weighted by Crippen LogP contribution is 2.60. The van der Waals surface area contributed by atoms with E-state index in [-0.39, 0.29) is 43.8 Å². The lowest BCUT2D eigenvalue weighted by Gasteiger charge is -2.55. The van der Waals surface area contributed by atoms with Gasteiger partial charge in [-0.05, 0) is 94.3 Å². The number of carboxylic acid groups (broad SMARTS) is 1. The molecule has 5 rings (SSSR count). The summed E-state index contributed by atoms with van der Waals surface area (Å²) in [6.07, 6.45) is 13.1. The maximum atomic E-state index is 14.0. The van der Waals surface area contributed by atoms with Crippen LogP contribution in [0.1, 0.15) is 103 Å². The van der Waals surface area contributed by atoms with Crippen molar-refractivity contribution in [3.8, 4) is 0 Å². The van der Waals surface area contributed by atoms with E-state index >= 15 is 0 Å². The van der Waals surface area contributed by atoms with Crippen molar-refractivity contribution in [3.05, 3.63) is 0 Å². The van der Waals surface area contributed by atoms with Crippen LogP contribution >= 0.6 is 0 Å². The maximum absolute atomic E-state index is 14.0. The van der Waals surface area contributed by atoms with Gasteiger partial charge in [-0.2, -0.15) is 0 Å². The first-order valence-corrected chi connectivity index (χ1v) is 17.2. The minimum Gasteiger partial charge on any atom is -0.480 e. The second-order valence-corrected chi connectivity index (χ2v) is 14.3. The van der Waals surface area contributed by atoms with E-state index in [9.17, 15) is 24.3 Å². The first-order valence-electron chi connectivity index (χ1n) is 17.2. The number of carboxylic acids is 1. The van der Waals surface area contributed by atoms with E-state index in [2.05, 4.69) is 25.9 Å². The number of nitrogens with zero attached hydrogens (tertiary/aromatic N) is 2. The zero-order valence-electron chi connectivity index (χ0n) is 27.1. The molecule has 5 aliphatic rings. The standard InChI is InChI=1S/C32H55N9O5/c33-30(34)37-10-4-8-23(26(42)40-24(28(44)45)9-5-11-38-31(35)36)39-27(43)25(15-19-6-2-1-3-7-19)41-29(46)32-16-20-12-21(17-32)14-22(13-20)18-32/h19-25H,1-18H2,(H,39,43)(H,40,42)(H,41,46)(H,44,45)(H4,33,34,37)(H4,35,36,38)/t20?,21?,22?,23-,24-,25-,32?/m0/s1. The van der Waals surface area contributed by atoms with Crippen molar-refractivity contribution >= 4 is 35.6 Å². The SMILES string of the molecule is NC(N)=NCCC[C@H](NC(=O)[C@H](CCCN=C(N)N)NC(=O)[C@H](CC1CCCCC1)NC(=O)C12CC3CC(CC(C3)C1)C2)C(=O)O. The average molecular weight is 646 g/mol. The summed E-state index contributed by atoms with van der Waals surface area (Å²) >= 11 is 0. The number of rotatable bonds is 17. The third kappa shape index (κ3) is 9.96. The van der Waals surface area contributed by atoms with Gasteiger partial charge in [-0.1, -0.05) is 32.1 Å². The van der Waals surface area contributed by atoms with Crippen molar-refractivity contribution in [2.24, 2.45) is 62.0 Å². The molecule has 14 heteroatoms. The van der Waals surface area contributed by atoms with Crippen LogP contribution in [0.4, 0.5) is 0 Å². The number of amides is 3. The van der Waals surface area contributed by atoms with Gasteiger partial charge in [0.2, 0.25) is 17.7 Å². The van der Waals surface area contributed by atoms with Crippen molar-refractivity contribution in [3.63, 3.8) is 0 Å². The molecule has 3 amide bonds. The highest BCUT2D eigenvalue weighted by atomic mass is 16.4. The van der Waals surface area contributed by atoms with Gasteiger partial charge in [0.15, 0.2) is 11.9 Å². The Hall–Kier alpha value is -3.58. The normalized spacial score (nSPS) is 27.1. The molecule has 5 saturated carbocycles. The van der Waals surface area contributed by atoms with Crippen molar-refractivity contribution in [2.75, 3.05) is 13.1 Å². The van der Waals surface area contributed by atoms with E-state index < -0.39 is 41.3 Å². The van der Waals surface area contributed by atoms with Gasteiger partial charge < -0.3 is 44.0 Å². The van der Waals surface area contributed by atoms with Crippen LogP contribution < -0.4 is 38.9 Å². The summed E-state index contributed by atoms with van der Waals surface area (Å²) < 4.78 is 0. The van der Waals surface area contributed by atoms with Crippen LogP contribution in [0.15, 0.2) is 9.98 Å². The van der Waals surface area contributed by atoms with Crippen molar-refractivity contribution in [1.82, 2.24) is 16.0 Å². The second-order valence-electron chi connectivity index (χ2n) is 14.3. The molecule has 14 nitrogen and oxygen atoms in total. The molecule has 0 unspecified atom stereocenters. The van der Waals surface area contributed by atoms with Gasteiger partial charge in [0.25, 0.3) is 0 Å². The molecule has 0 heterocycles. The third-order valence-electron chi connectivity index (χ3n) is 10.6. The van der Waals surface area contributed by atoms with E-state index in [0.29, 0.717) is 42.9 Å². The monoisotopic (exact) mass is 645 g/mol. The highest BCUT2D eigenvalue weighted by Gasteiger charge is 2.55. The lowest BCUT2D eigenvalue weighted by molar-refractivity contribution is -0.149. The van der Waals surface area contributed by atoms with Gasteiger partial charge in [-0.25, -0.2) is 4.79 Å². The van der Waals surface area contributed by atoms with E-state index in [1.165, 1.54) is 25.7 Å². The molecule has 0 aromatic carbocycles. The molecule has 0 aromatic heterocycles. The fourth-order valence-electron chi connectivity index (χ4n) is 8.77. The number of aliphatic carboxylic acids is 1. The van der Waals surface area contributed by atoms with Crippen LogP contribution in [0.25, 0.3) is 0 Å². The Kier molecular flexibility index (Phi) is 12.5. The molecule has 3 atom stereocenters. The molecule has 0 aromatic rings. The fourth-order valence-corrected chi connectivity index (χ4v) is 8.77. The summed E-state index contributed by atoms with van der Waals surface area (Å²) in [5.41, 5.74) is 21.2. The lowest BCUT2D eigenvalue weighted by atomic mass is 9.49. The number of aliphatic imine (C=N–C) groups is 2. The fraction of sp³-hybridized carbons (Fsp3) is 0.812. The van der Waals surface area contributed by atoms with Crippen molar-refractivity contribution in [1.29, 1.82) is 0 Å². The predicted octanol–water partition coefficient (Wildman–Crippen LogP) is 0.819. The van der Waals surface area contributed by atoms with E-state index in [4.69, 9.17) is 22.9 Å². The predicted molar refractivity (Wildman–Crippen MR) is 175 cm³/mol. The molecule has 258 valence electrons. The Labute approximate surface area is 271 Å². The summed E-state index contributed by atoms with van der Waals surface area (Å²) in [6.45, 7) is 0.448. The summed E-state index contributed by atoms with van der Waals surface area (Å²) in [5, 5.41) is 18.4. The number of nitrogens with one attached hydrogen (secondary N) is 3. The van der Waals surface area contributed by atoms with Crippen LogP contribution in [-0.2, 0) is 19.2 Å². The minimum absolute atomic E-state index is 0.0250. The summed E-state index contributed by atoms with van der Waals surface area (Å²) in [6, 6.07) is -3.04. The molecule has 46 heavy (non-hydrogen) atoms. The quantitative estimate of drug-likeness (QED) is 0.0632. The average Bonchev–Trinajstić information content (AvgIpc) is 2.99. The number of guanidine groups is 2. The van der Waals surface area contributed by atoms with Gasteiger partial charge in [0.05, 0.1) is 0 Å². The van der Waals surface area contributed by atoms with Gasteiger partial charge in [0.1, 0.15) is 18.1 Å². The van der Waals surface area contributed by atoms with Gasteiger partial charge >= 0.3 is 5.97 Å². The van der Waals surface area contributed by atoms with Crippen LogP contribution in [0.2, 0.25) is 0 Å². The molecule has 0 saturated heterocycles. The Bertz CT molecular complexity index is 1110. The molecule has 4 bridgehead atoms. The number of carbonyl (C=O) groups excluding carboxylic acids is 3. The zero-order valence-corrected chi connectivity index (χ0v) is 27.1. The Morgan fingerprint density at radius 3 is 1.67 bits per heavy atom. The van der Waals surface area contributed by atoms with Crippen LogP contribution in [0, 0.1) is 29.1 Å². The molecule has 0 radical (unpaired) electrons. The Morgan fingerprint density at radius 1 is 0.696 bits per heavy atom. The van der Waals surface area contributed by atoms with Crippen LogP contribution in [-0.4, -0.2) is 71.9 Å². The third-order valence-corrected chi connectivity index (χ3v) is 10.6. The molecule has 5 aliphatic carbocycles. The number of hydrogen-bond donors (Lipinski definition) is 8. The Balaban J connectivity index is 1.47. The topological polar surface area (TPSA) is 253 Å². The van der Waals surface area contributed by atoms with E-state index in [0.717, 1.165) is 44.9 Å². The summed E-state index contributed by atoms with van der Waals surface area (Å²) in [7, 11) is 0. The van der Waals surface area contributed by atoms with Gasteiger partial charge in [-0.15, -0.1) is 0 Å². The molecule has 12 N–H and O–H groups in total. The number of nitrogens with two attached hydrogens (primary N) is 4. The Morgan fingerprint density at radius 2 is 1.17 bits per heavy atom. The van der Waals surface area contributed by atoms with Crippen molar-refractivity contribution in [2.45, 2.75) is 121 Å². The van der Waals surface area contributed by atoms with E-state index in [1.807, 2.05) is 0 Å². The highest BCUT2D eigenvalue weighted by molar-refractivity contribution is 5.94. The van der Waals surface area contributed by atoms with Gasteiger partial charge in [0, 0.05) is 18.5 Å². The largest absolute Gasteiger partial charge is 0.480 e. The smallest absolute Gasteiger partial charge is 0.326 e. The van der Waals surface area contributed by atoms with Gasteiger partial charge in [-0.3, -0.25) is 24.4 Å². The molecule has 5 fully saturated rings. The van der Waals surface area contributed by atoms with E-state index in [1.54, 1.807) is 0 Å².